The summed E-state index contributed by atoms with van der Waals surface area (Å²) >= 11 is 3.51. The predicted octanol–water partition coefficient (Wildman–Crippen LogP) is 4.15. The Morgan fingerprint density at radius 2 is 2.10 bits per heavy atom. The van der Waals surface area contributed by atoms with Gasteiger partial charge in [0.15, 0.2) is 0 Å². The molecule has 0 saturated heterocycles. The highest BCUT2D eigenvalue weighted by Gasteiger charge is 2.14. The lowest BCUT2D eigenvalue weighted by molar-refractivity contribution is 0.102. The van der Waals surface area contributed by atoms with Crippen LogP contribution >= 0.6 is 15.9 Å². The van der Waals surface area contributed by atoms with Crippen LogP contribution in [0.5, 0.6) is 0 Å². The number of pyridine rings is 1. The highest BCUT2D eigenvalue weighted by Crippen LogP contribution is 2.28. The molecule has 0 radical (unpaired) electrons. The summed E-state index contributed by atoms with van der Waals surface area (Å²) in [6.45, 7) is 6.72. The Morgan fingerprint density at radius 1 is 1.33 bits per heavy atom. The van der Waals surface area contributed by atoms with E-state index in [4.69, 9.17) is 0 Å². The van der Waals surface area contributed by atoms with Gasteiger partial charge in [-0.25, -0.2) is 0 Å². The molecule has 0 aliphatic heterocycles. The second kappa shape index (κ2) is 6.72. The van der Waals surface area contributed by atoms with Crippen molar-refractivity contribution in [1.82, 2.24) is 4.98 Å². The first kappa shape index (κ1) is 15.5. The van der Waals surface area contributed by atoms with Crippen LogP contribution in [0.3, 0.4) is 0 Å². The summed E-state index contributed by atoms with van der Waals surface area (Å²) in [5.41, 5.74) is 4.28. The molecule has 0 bridgehead atoms. The van der Waals surface area contributed by atoms with E-state index in [2.05, 4.69) is 31.5 Å². The van der Waals surface area contributed by atoms with Gasteiger partial charge in [-0.2, -0.15) is 0 Å². The molecule has 1 aromatic heterocycles. The van der Waals surface area contributed by atoms with E-state index in [1.54, 1.807) is 18.5 Å². The number of carbonyl (C=O) groups excluding carboxylic acids is 1. The van der Waals surface area contributed by atoms with E-state index in [1.807, 2.05) is 32.9 Å². The summed E-state index contributed by atoms with van der Waals surface area (Å²) in [6, 6.07) is 5.74. The van der Waals surface area contributed by atoms with E-state index in [0.29, 0.717) is 5.56 Å². The molecule has 0 aliphatic carbocycles. The molecule has 0 aliphatic rings. The number of hydrogen-bond acceptors (Lipinski definition) is 3. The standard InChI is InChI=1S/C16H18BrN3O/c1-4-19-14-9-18-6-5-12(14)16(21)20-15-11(3)7-10(2)8-13(15)17/h5-9,19H,4H2,1-3H3,(H,20,21). The van der Waals surface area contributed by atoms with E-state index in [9.17, 15) is 4.79 Å². The van der Waals surface area contributed by atoms with Gasteiger partial charge in [-0.15, -0.1) is 0 Å². The first-order valence-corrected chi connectivity index (χ1v) is 7.58. The van der Waals surface area contributed by atoms with Crippen LogP contribution in [0.4, 0.5) is 11.4 Å². The molecular formula is C16H18BrN3O. The van der Waals surface area contributed by atoms with E-state index in [-0.39, 0.29) is 5.91 Å². The largest absolute Gasteiger partial charge is 0.383 e. The Morgan fingerprint density at radius 3 is 2.76 bits per heavy atom. The van der Waals surface area contributed by atoms with Crippen molar-refractivity contribution in [2.45, 2.75) is 20.8 Å². The maximum absolute atomic E-state index is 12.5. The third-order valence-corrected chi connectivity index (χ3v) is 3.73. The van der Waals surface area contributed by atoms with Crippen molar-refractivity contribution in [2.24, 2.45) is 0 Å². The third kappa shape index (κ3) is 3.61. The molecule has 1 heterocycles. The molecule has 0 spiro atoms. The number of carbonyl (C=O) groups is 1. The Bertz CT molecular complexity index is 647. The molecule has 0 fully saturated rings. The first-order valence-electron chi connectivity index (χ1n) is 6.79. The zero-order valence-corrected chi connectivity index (χ0v) is 13.9. The Balaban J connectivity index is 2.31. The van der Waals surface area contributed by atoms with Crippen molar-refractivity contribution in [1.29, 1.82) is 0 Å². The third-order valence-electron chi connectivity index (χ3n) is 3.10. The molecule has 110 valence electrons. The topological polar surface area (TPSA) is 54.0 Å². The molecule has 1 amide bonds. The average Bonchev–Trinajstić information content (AvgIpc) is 2.43. The minimum absolute atomic E-state index is 0.152. The molecule has 0 atom stereocenters. The summed E-state index contributed by atoms with van der Waals surface area (Å²) in [7, 11) is 0. The fourth-order valence-electron chi connectivity index (χ4n) is 2.18. The summed E-state index contributed by atoms with van der Waals surface area (Å²) in [5, 5.41) is 6.11. The van der Waals surface area contributed by atoms with Crippen molar-refractivity contribution < 1.29 is 4.79 Å². The highest BCUT2D eigenvalue weighted by atomic mass is 79.9. The van der Waals surface area contributed by atoms with Gasteiger partial charge in [-0.1, -0.05) is 6.07 Å². The van der Waals surface area contributed by atoms with Crippen LogP contribution in [-0.2, 0) is 0 Å². The number of benzene rings is 1. The number of rotatable bonds is 4. The molecule has 2 N–H and O–H groups in total. The fraction of sp³-hybridized carbons (Fsp3) is 0.250. The molecule has 4 nitrogen and oxygen atoms in total. The number of aryl methyl sites for hydroxylation is 2. The van der Waals surface area contributed by atoms with Gasteiger partial charge in [0.1, 0.15) is 0 Å². The molecule has 2 rings (SSSR count). The molecule has 2 aromatic rings. The van der Waals surface area contributed by atoms with E-state index in [0.717, 1.165) is 33.5 Å². The Labute approximate surface area is 133 Å². The Kier molecular flexibility index (Phi) is 4.96. The smallest absolute Gasteiger partial charge is 0.257 e. The van der Waals surface area contributed by atoms with Gasteiger partial charge in [0.25, 0.3) is 5.91 Å². The van der Waals surface area contributed by atoms with Crippen molar-refractivity contribution in [3.63, 3.8) is 0 Å². The first-order chi connectivity index (χ1) is 10.0. The molecular weight excluding hydrogens is 330 g/mol. The maximum Gasteiger partial charge on any atom is 0.257 e. The normalized spacial score (nSPS) is 10.3. The van der Waals surface area contributed by atoms with Crippen LogP contribution in [0, 0.1) is 13.8 Å². The average molecular weight is 348 g/mol. The monoisotopic (exact) mass is 347 g/mol. The number of halogens is 1. The number of hydrogen-bond donors (Lipinski definition) is 2. The van der Waals surface area contributed by atoms with Crippen LogP contribution in [0.2, 0.25) is 0 Å². The van der Waals surface area contributed by atoms with Crippen LogP contribution in [-0.4, -0.2) is 17.4 Å². The second-order valence-electron chi connectivity index (χ2n) is 4.84. The summed E-state index contributed by atoms with van der Waals surface area (Å²) in [4.78, 5) is 16.5. The van der Waals surface area contributed by atoms with E-state index < -0.39 is 0 Å². The lowest BCUT2D eigenvalue weighted by Crippen LogP contribution is -2.16. The minimum atomic E-state index is -0.152. The maximum atomic E-state index is 12.5. The Hall–Kier alpha value is -1.88. The van der Waals surface area contributed by atoms with Crippen molar-refractivity contribution in [3.8, 4) is 0 Å². The number of nitrogens with zero attached hydrogens (tertiary/aromatic N) is 1. The van der Waals surface area contributed by atoms with Gasteiger partial charge < -0.3 is 10.6 Å². The van der Waals surface area contributed by atoms with E-state index in [1.165, 1.54) is 0 Å². The van der Waals surface area contributed by atoms with Crippen LogP contribution in [0.15, 0.2) is 35.1 Å². The van der Waals surface area contributed by atoms with E-state index >= 15 is 0 Å². The quantitative estimate of drug-likeness (QED) is 0.873. The summed E-state index contributed by atoms with van der Waals surface area (Å²) < 4.78 is 0.882. The molecule has 1 aromatic carbocycles. The zero-order valence-electron chi connectivity index (χ0n) is 12.3. The second-order valence-corrected chi connectivity index (χ2v) is 5.70. The van der Waals surface area contributed by atoms with Gasteiger partial charge in [-0.05, 0) is 60.0 Å². The zero-order chi connectivity index (χ0) is 15.4. The molecule has 5 heteroatoms. The highest BCUT2D eigenvalue weighted by molar-refractivity contribution is 9.10. The fourth-order valence-corrected chi connectivity index (χ4v) is 2.95. The van der Waals surface area contributed by atoms with Gasteiger partial charge in [0, 0.05) is 17.2 Å². The molecule has 0 unspecified atom stereocenters. The lowest BCUT2D eigenvalue weighted by Gasteiger charge is -2.14. The summed E-state index contributed by atoms with van der Waals surface area (Å²) in [6.07, 6.45) is 3.28. The van der Waals surface area contributed by atoms with Gasteiger partial charge >= 0.3 is 0 Å². The predicted molar refractivity (Wildman–Crippen MR) is 90.0 cm³/mol. The lowest BCUT2D eigenvalue weighted by atomic mass is 10.1. The van der Waals surface area contributed by atoms with Crippen LogP contribution < -0.4 is 10.6 Å². The van der Waals surface area contributed by atoms with Crippen molar-refractivity contribution >= 4 is 33.2 Å². The number of amides is 1. The van der Waals surface area contributed by atoms with Crippen LogP contribution in [0.25, 0.3) is 0 Å². The SMILES string of the molecule is CCNc1cnccc1C(=O)Nc1c(C)cc(C)cc1Br. The van der Waals surface area contributed by atoms with Gasteiger partial charge in [0.2, 0.25) is 0 Å². The molecule has 21 heavy (non-hydrogen) atoms. The molecule has 0 saturated carbocycles. The van der Waals surface area contributed by atoms with Gasteiger partial charge in [0.05, 0.1) is 23.1 Å². The van der Waals surface area contributed by atoms with Crippen molar-refractivity contribution in [3.05, 3.63) is 51.8 Å². The number of anilines is 2. The minimum Gasteiger partial charge on any atom is -0.383 e. The van der Waals surface area contributed by atoms with Crippen molar-refractivity contribution in [2.75, 3.05) is 17.2 Å². The number of aromatic nitrogens is 1. The summed E-state index contributed by atoms with van der Waals surface area (Å²) in [5.74, 6) is -0.152. The number of nitrogens with one attached hydrogen (secondary N) is 2. The van der Waals surface area contributed by atoms with Crippen LogP contribution in [0.1, 0.15) is 28.4 Å². The van der Waals surface area contributed by atoms with Gasteiger partial charge in [-0.3, -0.25) is 9.78 Å².